The molecule has 2 aliphatic rings. The molecule has 2 aromatic carbocycles. The number of hydrogen-bond donors (Lipinski definition) is 1. The maximum absolute atomic E-state index is 12.8. The molecular formula is C24H29N3O4. The second kappa shape index (κ2) is 8.96. The van der Waals surface area contributed by atoms with Crippen LogP contribution >= 0.6 is 0 Å². The number of hydrogen-bond acceptors (Lipinski definition) is 4. The van der Waals surface area contributed by atoms with E-state index in [2.05, 4.69) is 17.4 Å². The fraction of sp³-hybridized carbons (Fsp3) is 0.458. The third-order valence-electron chi connectivity index (χ3n) is 6.59. The first-order chi connectivity index (χ1) is 15.0. The Morgan fingerprint density at radius 2 is 1.87 bits per heavy atom. The molecule has 1 N–H and O–H groups in total. The quantitative estimate of drug-likeness (QED) is 0.692. The molecule has 0 saturated carbocycles. The highest BCUT2D eigenvalue weighted by Gasteiger charge is 2.38. The molecular weight excluding hydrogens is 394 g/mol. The Balaban J connectivity index is 1.50. The molecule has 0 radical (unpaired) electrons. The first-order valence-corrected chi connectivity index (χ1v) is 10.9. The van der Waals surface area contributed by atoms with Gasteiger partial charge in [-0.25, -0.2) is 0 Å². The smallest absolute Gasteiger partial charge is 0.222 e. The highest BCUT2D eigenvalue weighted by molar-refractivity contribution is 5.91. The minimum Gasteiger partial charge on any atom is -0.496 e. The van der Waals surface area contributed by atoms with Gasteiger partial charge in [-0.15, -0.1) is 0 Å². The summed E-state index contributed by atoms with van der Waals surface area (Å²) >= 11 is 0. The molecule has 164 valence electrons. The number of nitrogens with zero attached hydrogens (tertiary/aromatic N) is 2. The van der Waals surface area contributed by atoms with Gasteiger partial charge in [0.1, 0.15) is 5.75 Å². The predicted octanol–water partition coefficient (Wildman–Crippen LogP) is 2.12. The molecule has 0 aliphatic carbocycles. The number of piperazine rings is 1. The van der Waals surface area contributed by atoms with Crippen molar-refractivity contribution < 1.29 is 19.1 Å². The lowest BCUT2D eigenvalue weighted by atomic mass is 9.83. The lowest BCUT2D eigenvalue weighted by Gasteiger charge is -2.34. The van der Waals surface area contributed by atoms with Gasteiger partial charge in [-0.05, 0) is 36.3 Å². The van der Waals surface area contributed by atoms with Gasteiger partial charge in [-0.3, -0.25) is 14.4 Å². The van der Waals surface area contributed by atoms with Crippen LogP contribution in [0.3, 0.4) is 0 Å². The molecule has 0 bridgehead atoms. The average molecular weight is 424 g/mol. The second-order valence-electron chi connectivity index (χ2n) is 8.50. The number of nitrogens with one attached hydrogen (secondary N) is 1. The van der Waals surface area contributed by atoms with Crippen LogP contribution in [0, 0.1) is 0 Å². The summed E-state index contributed by atoms with van der Waals surface area (Å²) in [5.74, 6) is 0.962. The number of carbonyl (C=O) groups is 3. The van der Waals surface area contributed by atoms with Crippen molar-refractivity contribution >= 4 is 29.0 Å². The third-order valence-corrected chi connectivity index (χ3v) is 6.59. The zero-order valence-electron chi connectivity index (χ0n) is 17.9. The molecule has 3 amide bonds. The van der Waals surface area contributed by atoms with Crippen molar-refractivity contribution in [2.75, 3.05) is 33.3 Å². The first kappa shape index (κ1) is 21.2. The minimum absolute atomic E-state index is 0.0462. The molecule has 31 heavy (non-hydrogen) atoms. The van der Waals surface area contributed by atoms with Crippen LogP contribution in [0.25, 0.3) is 10.8 Å². The Morgan fingerprint density at radius 3 is 2.52 bits per heavy atom. The maximum Gasteiger partial charge on any atom is 0.222 e. The summed E-state index contributed by atoms with van der Waals surface area (Å²) in [5.41, 5.74) is 0.722. The van der Waals surface area contributed by atoms with Crippen LogP contribution in [-0.2, 0) is 20.8 Å². The molecule has 0 spiro atoms. The normalized spacial score (nSPS) is 21.3. The molecule has 2 saturated heterocycles. The molecule has 0 unspecified atom stereocenters. The van der Waals surface area contributed by atoms with E-state index >= 15 is 0 Å². The Hall–Kier alpha value is -3.09. The Kier molecular flexibility index (Phi) is 6.11. The second-order valence-corrected chi connectivity index (χ2v) is 8.50. The van der Waals surface area contributed by atoms with Crippen molar-refractivity contribution in [3.8, 4) is 5.75 Å². The van der Waals surface area contributed by atoms with Crippen molar-refractivity contribution in [3.05, 3.63) is 42.0 Å². The van der Waals surface area contributed by atoms with E-state index in [9.17, 15) is 14.4 Å². The standard InChI is InChI=1S/C24H29N3O4/c1-31-21-7-6-18(19-4-2-3-5-20(19)21)16-24(10-8-22(29)25-24)11-9-23(30)27-14-12-26(17-28)13-15-27/h2-7,17H,8-16H2,1H3,(H,25,29)/t24-/m0/s1. The van der Waals surface area contributed by atoms with Gasteiger partial charge in [0.25, 0.3) is 0 Å². The lowest BCUT2D eigenvalue weighted by molar-refractivity contribution is -0.135. The van der Waals surface area contributed by atoms with Crippen LogP contribution in [0.15, 0.2) is 36.4 Å². The molecule has 7 nitrogen and oxygen atoms in total. The number of amides is 3. The van der Waals surface area contributed by atoms with E-state index in [1.54, 1.807) is 12.0 Å². The molecule has 4 rings (SSSR count). The summed E-state index contributed by atoms with van der Waals surface area (Å²) in [4.78, 5) is 39.4. The topological polar surface area (TPSA) is 79.0 Å². The van der Waals surface area contributed by atoms with E-state index < -0.39 is 5.54 Å². The Morgan fingerprint density at radius 1 is 1.13 bits per heavy atom. The number of methoxy groups -OCH3 is 1. The monoisotopic (exact) mass is 423 g/mol. The van der Waals surface area contributed by atoms with Crippen LogP contribution in [0.4, 0.5) is 0 Å². The van der Waals surface area contributed by atoms with Gasteiger partial charge < -0.3 is 19.9 Å². The van der Waals surface area contributed by atoms with Gasteiger partial charge >= 0.3 is 0 Å². The fourth-order valence-corrected chi connectivity index (χ4v) is 4.79. The molecule has 2 aromatic rings. The van der Waals surface area contributed by atoms with Gasteiger partial charge in [-0.1, -0.05) is 30.3 Å². The van der Waals surface area contributed by atoms with Crippen LogP contribution in [0.1, 0.15) is 31.2 Å². The summed E-state index contributed by atoms with van der Waals surface area (Å²) < 4.78 is 5.51. The minimum atomic E-state index is -0.422. The van der Waals surface area contributed by atoms with Crippen molar-refractivity contribution in [1.29, 1.82) is 0 Å². The predicted molar refractivity (Wildman–Crippen MR) is 118 cm³/mol. The Bertz CT molecular complexity index is 984. The number of fused-ring (bicyclic) bond motifs is 1. The average Bonchev–Trinajstić information content (AvgIpc) is 3.18. The van der Waals surface area contributed by atoms with Gasteiger partial charge in [0, 0.05) is 49.9 Å². The zero-order chi connectivity index (χ0) is 21.8. The highest BCUT2D eigenvalue weighted by Crippen LogP contribution is 2.35. The summed E-state index contributed by atoms with van der Waals surface area (Å²) in [6, 6.07) is 12.2. The maximum atomic E-state index is 12.8. The van der Waals surface area contributed by atoms with Crippen LogP contribution < -0.4 is 10.1 Å². The van der Waals surface area contributed by atoms with Crippen molar-refractivity contribution in [2.24, 2.45) is 0 Å². The van der Waals surface area contributed by atoms with Gasteiger partial charge in [-0.2, -0.15) is 0 Å². The van der Waals surface area contributed by atoms with E-state index in [0.717, 1.165) is 34.9 Å². The molecule has 2 aliphatic heterocycles. The molecule has 7 heteroatoms. The number of benzene rings is 2. The lowest BCUT2D eigenvalue weighted by Crippen LogP contribution is -2.49. The molecule has 2 fully saturated rings. The summed E-state index contributed by atoms with van der Waals surface area (Å²) in [5, 5.41) is 5.35. The van der Waals surface area contributed by atoms with Crippen molar-refractivity contribution in [2.45, 2.75) is 37.6 Å². The molecule has 1 atom stereocenters. The van der Waals surface area contributed by atoms with Crippen LogP contribution in [-0.4, -0.2) is 66.9 Å². The summed E-state index contributed by atoms with van der Waals surface area (Å²) in [6.07, 6.45) is 3.71. The van der Waals surface area contributed by atoms with Crippen molar-refractivity contribution in [1.82, 2.24) is 15.1 Å². The number of rotatable bonds is 7. The molecule has 0 aromatic heterocycles. The Labute approximate surface area is 182 Å². The van der Waals surface area contributed by atoms with Crippen LogP contribution in [0.2, 0.25) is 0 Å². The van der Waals surface area contributed by atoms with Gasteiger partial charge in [0.15, 0.2) is 0 Å². The summed E-state index contributed by atoms with van der Waals surface area (Å²) in [7, 11) is 1.67. The number of ether oxygens (including phenoxy) is 1. The van der Waals surface area contributed by atoms with Crippen LogP contribution in [0.5, 0.6) is 5.75 Å². The fourth-order valence-electron chi connectivity index (χ4n) is 4.79. The van der Waals surface area contributed by atoms with E-state index in [4.69, 9.17) is 4.74 Å². The van der Waals surface area contributed by atoms with E-state index in [-0.39, 0.29) is 11.8 Å². The van der Waals surface area contributed by atoms with Gasteiger partial charge in [0.05, 0.1) is 7.11 Å². The van der Waals surface area contributed by atoms with E-state index in [0.29, 0.717) is 51.9 Å². The zero-order valence-corrected chi connectivity index (χ0v) is 17.9. The summed E-state index contributed by atoms with van der Waals surface area (Å²) in [6.45, 7) is 2.30. The highest BCUT2D eigenvalue weighted by atomic mass is 16.5. The van der Waals surface area contributed by atoms with E-state index in [1.165, 1.54) is 0 Å². The van der Waals surface area contributed by atoms with E-state index in [1.807, 2.05) is 29.2 Å². The SMILES string of the molecule is COc1ccc(C[C@@]2(CCC(=O)N3CCN(C=O)CC3)CCC(=O)N2)c2ccccc12. The largest absolute Gasteiger partial charge is 0.496 e. The van der Waals surface area contributed by atoms with Crippen molar-refractivity contribution in [3.63, 3.8) is 0 Å². The molecule has 2 heterocycles. The third kappa shape index (κ3) is 4.50. The van der Waals surface area contributed by atoms with Gasteiger partial charge in [0.2, 0.25) is 18.2 Å². The first-order valence-electron chi connectivity index (χ1n) is 10.9. The number of carbonyl (C=O) groups excluding carboxylic acids is 3.